The van der Waals surface area contributed by atoms with Gasteiger partial charge in [0.25, 0.3) is 0 Å². The lowest BCUT2D eigenvalue weighted by Gasteiger charge is -2.23. The highest BCUT2D eigenvalue weighted by Crippen LogP contribution is 2.29. The van der Waals surface area contributed by atoms with Crippen LogP contribution in [0.1, 0.15) is 31.9 Å². The molecule has 0 aliphatic carbocycles. The van der Waals surface area contributed by atoms with Gasteiger partial charge in [-0.25, -0.2) is 19.9 Å². The normalized spacial score (nSPS) is 18.7. The predicted molar refractivity (Wildman–Crippen MR) is 94.2 cm³/mol. The smallest absolute Gasteiger partial charge is 0.356 e. The van der Waals surface area contributed by atoms with Crippen LogP contribution in [0.3, 0.4) is 0 Å². The van der Waals surface area contributed by atoms with E-state index in [9.17, 15) is 13.2 Å². The maximum absolute atomic E-state index is 13.0. The number of nitrogens with zero attached hydrogens (tertiary/aromatic N) is 6. The zero-order valence-corrected chi connectivity index (χ0v) is 14.8. The first-order chi connectivity index (χ1) is 12.9. The molecule has 3 aromatic rings. The molecule has 1 aliphatic rings. The predicted octanol–water partition coefficient (Wildman–Crippen LogP) is 3.83. The molecule has 0 spiro atoms. The van der Waals surface area contributed by atoms with Crippen LogP contribution >= 0.6 is 0 Å². The van der Waals surface area contributed by atoms with Crippen molar-refractivity contribution in [1.82, 2.24) is 24.3 Å². The monoisotopic (exact) mass is 376 g/mol. The molecule has 1 atom stereocenters. The molecule has 6 nitrogen and oxygen atoms in total. The first kappa shape index (κ1) is 17.7. The van der Waals surface area contributed by atoms with Crippen LogP contribution in [0.4, 0.5) is 19.0 Å². The van der Waals surface area contributed by atoms with Crippen molar-refractivity contribution < 1.29 is 13.2 Å². The highest BCUT2D eigenvalue weighted by molar-refractivity contribution is 5.58. The molecule has 1 fully saturated rings. The van der Waals surface area contributed by atoms with E-state index < -0.39 is 11.9 Å². The van der Waals surface area contributed by atoms with Crippen LogP contribution in [0, 0.1) is 5.92 Å². The third kappa shape index (κ3) is 3.58. The lowest BCUT2D eigenvalue weighted by Crippen LogP contribution is -2.28. The molecule has 9 heteroatoms. The Bertz CT molecular complexity index is 952. The van der Waals surface area contributed by atoms with Crippen LogP contribution in [-0.4, -0.2) is 37.4 Å². The lowest BCUT2D eigenvalue weighted by atomic mass is 10.1. The van der Waals surface area contributed by atoms with Gasteiger partial charge in [0.1, 0.15) is 11.5 Å². The van der Waals surface area contributed by atoms with Crippen LogP contribution < -0.4 is 4.90 Å². The summed E-state index contributed by atoms with van der Waals surface area (Å²) in [5.74, 6) is 1.70. The third-order valence-corrected chi connectivity index (χ3v) is 4.79. The molecule has 27 heavy (non-hydrogen) atoms. The van der Waals surface area contributed by atoms with E-state index in [2.05, 4.69) is 31.8 Å². The van der Waals surface area contributed by atoms with Crippen molar-refractivity contribution in [2.45, 2.75) is 32.4 Å². The van der Waals surface area contributed by atoms with Crippen molar-refractivity contribution in [3.8, 4) is 11.5 Å². The van der Waals surface area contributed by atoms with E-state index in [0.717, 1.165) is 37.7 Å². The van der Waals surface area contributed by atoms with Crippen LogP contribution in [0.25, 0.3) is 17.2 Å². The van der Waals surface area contributed by atoms with Crippen LogP contribution in [-0.2, 0) is 6.18 Å². The Morgan fingerprint density at radius 3 is 2.78 bits per heavy atom. The zero-order valence-electron chi connectivity index (χ0n) is 14.8. The fourth-order valence-corrected chi connectivity index (χ4v) is 3.41. The highest BCUT2D eigenvalue weighted by Gasteiger charge is 2.33. The Kier molecular flexibility index (Phi) is 4.45. The summed E-state index contributed by atoms with van der Waals surface area (Å²) in [5, 5.41) is 0. The minimum atomic E-state index is -4.53. The third-order valence-electron chi connectivity index (χ3n) is 4.79. The second-order valence-electron chi connectivity index (χ2n) is 6.93. The van der Waals surface area contributed by atoms with Gasteiger partial charge in [0.2, 0.25) is 0 Å². The largest absolute Gasteiger partial charge is 0.434 e. The number of alkyl halides is 3. The van der Waals surface area contributed by atoms with Crippen LogP contribution in [0.5, 0.6) is 0 Å². The first-order valence-electron chi connectivity index (χ1n) is 8.90. The van der Waals surface area contributed by atoms with Gasteiger partial charge in [-0.2, -0.15) is 13.2 Å². The summed E-state index contributed by atoms with van der Waals surface area (Å²) in [5.41, 5.74) is -0.259. The number of aromatic nitrogens is 5. The topological polar surface area (TPSA) is 59.2 Å². The Hall–Kier alpha value is -2.71. The van der Waals surface area contributed by atoms with Gasteiger partial charge in [-0.15, -0.1) is 0 Å². The molecule has 4 rings (SSSR count). The maximum Gasteiger partial charge on any atom is 0.434 e. The van der Waals surface area contributed by atoms with Crippen molar-refractivity contribution in [3.05, 3.63) is 36.5 Å². The molecule has 1 unspecified atom stereocenters. The molecular formula is C18H19F3N6. The van der Waals surface area contributed by atoms with Crippen molar-refractivity contribution in [2.75, 3.05) is 18.0 Å². The van der Waals surface area contributed by atoms with Gasteiger partial charge in [-0.3, -0.25) is 4.40 Å². The van der Waals surface area contributed by atoms with Gasteiger partial charge in [0.15, 0.2) is 17.2 Å². The average molecular weight is 376 g/mol. The molecule has 142 valence electrons. The Morgan fingerprint density at radius 1 is 1.11 bits per heavy atom. The summed E-state index contributed by atoms with van der Waals surface area (Å²) >= 11 is 0. The summed E-state index contributed by atoms with van der Waals surface area (Å²) in [4.78, 5) is 18.7. The number of imidazole rings is 1. The van der Waals surface area contributed by atoms with E-state index >= 15 is 0 Å². The van der Waals surface area contributed by atoms with E-state index in [1.54, 1.807) is 6.20 Å². The molecule has 0 bridgehead atoms. The minimum Gasteiger partial charge on any atom is -0.356 e. The molecule has 4 heterocycles. The molecule has 0 N–H and O–H groups in total. The van der Waals surface area contributed by atoms with E-state index in [4.69, 9.17) is 0 Å². The summed E-state index contributed by atoms with van der Waals surface area (Å²) in [7, 11) is 0. The van der Waals surface area contributed by atoms with Gasteiger partial charge in [-0.05, 0) is 24.8 Å². The number of fused-ring (bicyclic) bond motifs is 1. The van der Waals surface area contributed by atoms with Crippen LogP contribution in [0.15, 0.2) is 30.9 Å². The Balaban J connectivity index is 1.73. The minimum absolute atomic E-state index is 0.315. The molecule has 0 aromatic carbocycles. The highest BCUT2D eigenvalue weighted by atomic mass is 19.4. The van der Waals surface area contributed by atoms with Gasteiger partial charge in [0, 0.05) is 25.5 Å². The number of anilines is 1. The van der Waals surface area contributed by atoms with Gasteiger partial charge >= 0.3 is 6.18 Å². The summed E-state index contributed by atoms with van der Waals surface area (Å²) in [6.07, 6.45) is 4.10. The van der Waals surface area contributed by atoms with E-state index in [-0.39, 0.29) is 0 Å². The quantitative estimate of drug-likeness (QED) is 0.680. The number of hydrogen-bond acceptors (Lipinski definition) is 5. The van der Waals surface area contributed by atoms with Crippen molar-refractivity contribution in [2.24, 2.45) is 5.92 Å². The van der Waals surface area contributed by atoms with Crippen LogP contribution in [0.2, 0.25) is 0 Å². The number of rotatable bonds is 2. The molecule has 3 aromatic heterocycles. The van der Waals surface area contributed by atoms with Crippen molar-refractivity contribution in [3.63, 3.8) is 0 Å². The summed E-state index contributed by atoms with van der Waals surface area (Å²) in [6.45, 7) is 4.04. The molecule has 1 saturated heterocycles. The maximum atomic E-state index is 13.0. The standard InChI is InChI=1S/C18H19F3N6/c1-12-4-2-3-7-26(10-12)15-5-6-22-17(25-15)13-8-24-16-9-23-14(11-27(13)16)18(19,20)21/h5-6,8-9,11-12H,2-4,7,10H2,1H3. The second kappa shape index (κ2) is 6.79. The average Bonchev–Trinajstić information content (AvgIpc) is 2.94. The SMILES string of the molecule is CC1CCCCN(c2ccnc(-c3cnc4cnc(C(F)(F)F)cn34)n2)C1. The van der Waals surface area contributed by atoms with Crippen molar-refractivity contribution >= 4 is 11.5 Å². The summed E-state index contributed by atoms with van der Waals surface area (Å²) < 4.78 is 40.3. The molecule has 1 aliphatic heterocycles. The van der Waals surface area contributed by atoms with Gasteiger partial charge in [-0.1, -0.05) is 13.3 Å². The lowest BCUT2D eigenvalue weighted by molar-refractivity contribution is -0.141. The zero-order chi connectivity index (χ0) is 19.0. The Labute approximate surface area is 154 Å². The van der Waals surface area contributed by atoms with E-state index in [0.29, 0.717) is 23.1 Å². The molecule has 0 amide bonds. The van der Waals surface area contributed by atoms with E-state index in [1.165, 1.54) is 23.4 Å². The summed E-state index contributed by atoms with van der Waals surface area (Å²) in [6, 6.07) is 1.84. The van der Waals surface area contributed by atoms with Gasteiger partial charge in [0.05, 0.1) is 12.4 Å². The van der Waals surface area contributed by atoms with Crippen molar-refractivity contribution in [1.29, 1.82) is 0 Å². The Morgan fingerprint density at radius 2 is 1.96 bits per heavy atom. The molecular weight excluding hydrogens is 357 g/mol. The number of halogens is 3. The molecule has 0 saturated carbocycles. The molecule has 0 radical (unpaired) electrons. The van der Waals surface area contributed by atoms with E-state index in [1.807, 2.05) is 6.07 Å². The van der Waals surface area contributed by atoms with Gasteiger partial charge < -0.3 is 4.90 Å². The second-order valence-corrected chi connectivity index (χ2v) is 6.93. The fourth-order valence-electron chi connectivity index (χ4n) is 3.41. The first-order valence-corrected chi connectivity index (χ1v) is 8.90. The number of hydrogen-bond donors (Lipinski definition) is 0. The fraction of sp³-hybridized carbons (Fsp3) is 0.444.